The SMILES string of the molecule is CC(C)Nc1cc[n+]2ccccc2c1. The van der Waals surface area contributed by atoms with E-state index in [0.29, 0.717) is 6.04 Å². The summed E-state index contributed by atoms with van der Waals surface area (Å²) in [4.78, 5) is 0. The van der Waals surface area contributed by atoms with Crippen molar-refractivity contribution < 1.29 is 4.40 Å². The number of pyridine rings is 2. The molecule has 1 N–H and O–H groups in total. The highest BCUT2D eigenvalue weighted by atomic mass is 14.9. The summed E-state index contributed by atoms with van der Waals surface area (Å²) in [5, 5.41) is 3.38. The van der Waals surface area contributed by atoms with Crippen molar-refractivity contribution in [3.63, 3.8) is 0 Å². The van der Waals surface area contributed by atoms with Gasteiger partial charge in [-0.2, -0.15) is 4.40 Å². The molecule has 2 rings (SSSR count). The molecule has 0 unspecified atom stereocenters. The largest absolute Gasteiger partial charge is 0.382 e. The molecule has 0 aliphatic heterocycles. The average Bonchev–Trinajstić information content (AvgIpc) is 2.17. The summed E-state index contributed by atoms with van der Waals surface area (Å²) in [7, 11) is 0. The Morgan fingerprint density at radius 2 is 2.00 bits per heavy atom. The Labute approximate surface area is 84.2 Å². The minimum absolute atomic E-state index is 0.473. The van der Waals surface area contributed by atoms with Crippen LogP contribution in [0.4, 0.5) is 5.69 Å². The van der Waals surface area contributed by atoms with Gasteiger partial charge in [-0.3, -0.25) is 0 Å². The van der Waals surface area contributed by atoms with E-state index >= 15 is 0 Å². The third-order valence-electron chi connectivity index (χ3n) is 2.10. The van der Waals surface area contributed by atoms with Gasteiger partial charge in [0.1, 0.15) is 0 Å². The molecule has 0 saturated carbocycles. The van der Waals surface area contributed by atoms with Crippen molar-refractivity contribution >= 4 is 11.2 Å². The van der Waals surface area contributed by atoms with Crippen LogP contribution in [-0.4, -0.2) is 6.04 Å². The van der Waals surface area contributed by atoms with Gasteiger partial charge in [-0.05, 0) is 19.9 Å². The number of nitrogens with zero attached hydrogens (tertiary/aromatic N) is 1. The third kappa shape index (κ3) is 1.84. The molecule has 72 valence electrons. The summed E-state index contributed by atoms with van der Waals surface area (Å²) in [6, 6.07) is 10.9. The summed E-state index contributed by atoms with van der Waals surface area (Å²) in [6.07, 6.45) is 4.12. The van der Waals surface area contributed by atoms with Gasteiger partial charge >= 0.3 is 0 Å². The van der Waals surface area contributed by atoms with E-state index in [9.17, 15) is 0 Å². The van der Waals surface area contributed by atoms with Crippen molar-refractivity contribution in [1.82, 2.24) is 0 Å². The second-order valence-corrected chi connectivity index (χ2v) is 3.75. The third-order valence-corrected chi connectivity index (χ3v) is 2.10. The maximum absolute atomic E-state index is 3.38. The monoisotopic (exact) mass is 187 g/mol. The van der Waals surface area contributed by atoms with Gasteiger partial charge in [0.05, 0.1) is 0 Å². The highest BCUT2D eigenvalue weighted by Crippen LogP contribution is 2.08. The quantitative estimate of drug-likeness (QED) is 0.713. The second kappa shape index (κ2) is 3.66. The highest BCUT2D eigenvalue weighted by molar-refractivity contribution is 5.53. The van der Waals surface area contributed by atoms with E-state index in [4.69, 9.17) is 0 Å². The van der Waals surface area contributed by atoms with Crippen LogP contribution < -0.4 is 9.72 Å². The van der Waals surface area contributed by atoms with Gasteiger partial charge < -0.3 is 5.32 Å². The Balaban J connectivity index is 2.41. The lowest BCUT2D eigenvalue weighted by atomic mass is 10.3. The zero-order valence-corrected chi connectivity index (χ0v) is 8.57. The summed E-state index contributed by atoms with van der Waals surface area (Å²) >= 11 is 0. The lowest BCUT2D eigenvalue weighted by molar-refractivity contribution is -0.511. The molecule has 0 aromatic carbocycles. The van der Waals surface area contributed by atoms with Crippen molar-refractivity contribution in [3.05, 3.63) is 42.7 Å². The van der Waals surface area contributed by atoms with Crippen LogP contribution in [0, 0.1) is 0 Å². The molecule has 2 aromatic heterocycles. The smallest absolute Gasteiger partial charge is 0.212 e. The zero-order valence-electron chi connectivity index (χ0n) is 8.57. The molecule has 0 spiro atoms. The molecule has 0 aliphatic carbocycles. The van der Waals surface area contributed by atoms with Gasteiger partial charge in [-0.15, -0.1) is 0 Å². The zero-order chi connectivity index (χ0) is 9.97. The predicted octanol–water partition coefficient (Wildman–Crippen LogP) is 2.25. The number of aromatic nitrogens is 1. The molecule has 0 bridgehead atoms. The Morgan fingerprint density at radius 1 is 1.14 bits per heavy atom. The molecule has 14 heavy (non-hydrogen) atoms. The fraction of sp³-hybridized carbons (Fsp3) is 0.250. The van der Waals surface area contributed by atoms with Crippen LogP contribution in [0.25, 0.3) is 5.52 Å². The molecule has 0 fully saturated rings. The molecule has 0 aliphatic rings. The number of hydrogen-bond donors (Lipinski definition) is 1. The fourth-order valence-electron chi connectivity index (χ4n) is 1.52. The van der Waals surface area contributed by atoms with Crippen LogP contribution >= 0.6 is 0 Å². The Kier molecular flexibility index (Phi) is 2.35. The van der Waals surface area contributed by atoms with Crippen molar-refractivity contribution in [2.75, 3.05) is 5.32 Å². The minimum atomic E-state index is 0.473. The van der Waals surface area contributed by atoms with E-state index in [1.165, 1.54) is 11.2 Å². The first-order chi connectivity index (χ1) is 6.75. The van der Waals surface area contributed by atoms with Crippen LogP contribution in [-0.2, 0) is 0 Å². The Hall–Kier alpha value is -1.57. The standard InChI is InChI=1S/C12H14N2/c1-10(2)13-11-6-8-14-7-4-3-5-12(14)9-11/h3-10H,1-2H3/p+1. The first-order valence-electron chi connectivity index (χ1n) is 4.92. The molecule has 2 heteroatoms. The summed E-state index contributed by atoms with van der Waals surface area (Å²) in [5.41, 5.74) is 2.38. The second-order valence-electron chi connectivity index (χ2n) is 3.75. The molecule has 2 aromatic rings. The van der Waals surface area contributed by atoms with E-state index in [1.54, 1.807) is 0 Å². The molecule has 2 nitrogen and oxygen atoms in total. The van der Waals surface area contributed by atoms with Crippen LogP contribution in [0.2, 0.25) is 0 Å². The molecule has 0 amide bonds. The van der Waals surface area contributed by atoms with Gasteiger partial charge in [0.25, 0.3) is 0 Å². The normalized spacial score (nSPS) is 10.8. The van der Waals surface area contributed by atoms with E-state index in [-0.39, 0.29) is 0 Å². The molecule has 0 atom stereocenters. The first kappa shape index (κ1) is 9.00. The number of nitrogens with one attached hydrogen (secondary N) is 1. The lowest BCUT2D eigenvalue weighted by Crippen LogP contribution is -2.20. The van der Waals surface area contributed by atoms with Crippen LogP contribution in [0.3, 0.4) is 0 Å². The number of fused-ring (bicyclic) bond motifs is 1. The molecular weight excluding hydrogens is 172 g/mol. The molecule has 0 radical (unpaired) electrons. The first-order valence-corrected chi connectivity index (χ1v) is 4.92. The topological polar surface area (TPSA) is 16.1 Å². The average molecular weight is 187 g/mol. The van der Waals surface area contributed by atoms with E-state index in [1.807, 2.05) is 6.07 Å². The van der Waals surface area contributed by atoms with Crippen LogP contribution in [0.5, 0.6) is 0 Å². The van der Waals surface area contributed by atoms with Gasteiger partial charge in [0.2, 0.25) is 5.52 Å². The van der Waals surface area contributed by atoms with Crippen molar-refractivity contribution in [3.8, 4) is 0 Å². The summed E-state index contributed by atoms with van der Waals surface area (Å²) in [5.74, 6) is 0. The molecule has 2 heterocycles. The predicted molar refractivity (Wildman–Crippen MR) is 58.4 cm³/mol. The maximum Gasteiger partial charge on any atom is 0.212 e. The fourth-order valence-corrected chi connectivity index (χ4v) is 1.52. The maximum atomic E-state index is 3.38. The van der Waals surface area contributed by atoms with Crippen LogP contribution in [0.15, 0.2) is 42.7 Å². The molecule has 0 saturated heterocycles. The van der Waals surface area contributed by atoms with E-state index in [2.05, 4.69) is 60.2 Å². The minimum Gasteiger partial charge on any atom is -0.382 e. The van der Waals surface area contributed by atoms with Gasteiger partial charge in [0.15, 0.2) is 12.4 Å². The van der Waals surface area contributed by atoms with Gasteiger partial charge in [-0.1, -0.05) is 0 Å². The van der Waals surface area contributed by atoms with Gasteiger partial charge in [-0.25, -0.2) is 0 Å². The van der Waals surface area contributed by atoms with Crippen molar-refractivity contribution in [2.24, 2.45) is 0 Å². The highest BCUT2D eigenvalue weighted by Gasteiger charge is 2.02. The van der Waals surface area contributed by atoms with Crippen LogP contribution in [0.1, 0.15) is 13.8 Å². The Morgan fingerprint density at radius 3 is 2.79 bits per heavy atom. The molecular formula is C12H15N2+. The Bertz CT molecular complexity index is 435. The number of hydrogen-bond acceptors (Lipinski definition) is 1. The van der Waals surface area contributed by atoms with Crippen molar-refractivity contribution in [1.29, 1.82) is 0 Å². The summed E-state index contributed by atoms with van der Waals surface area (Å²) in [6.45, 7) is 4.28. The summed E-state index contributed by atoms with van der Waals surface area (Å²) < 4.78 is 2.10. The number of anilines is 1. The van der Waals surface area contributed by atoms with E-state index in [0.717, 1.165) is 0 Å². The van der Waals surface area contributed by atoms with Gasteiger partial charge in [0, 0.05) is 36.0 Å². The number of rotatable bonds is 2. The lowest BCUT2D eigenvalue weighted by Gasteiger charge is -2.08. The van der Waals surface area contributed by atoms with E-state index < -0.39 is 0 Å². The van der Waals surface area contributed by atoms with Crippen molar-refractivity contribution in [2.45, 2.75) is 19.9 Å².